The second kappa shape index (κ2) is 41.3. The highest BCUT2D eigenvalue weighted by Crippen LogP contribution is 2.48. The second-order valence-corrected chi connectivity index (χ2v) is 18.5. The molecule has 4 rings (SSSR count). The number of carbonyl (C=O) groups is 3. The Kier molecular flexibility index (Phi) is 38.1. The number of allylic oxidation sites excluding steroid dienone is 6. The van der Waals surface area contributed by atoms with Crippen molar-refractivity contribution in [3.8, 4) is 35.3 Å². The lowest BCUT2D eigenvalue weighted by atomic mass is 9.73. The number of amides is 1. The summed E-state index contributed by atoms with van der Waals surface area (Å²) in [4.78, 5) is 34.9. The third-order valence-corrected chi connectivity index (χ3v) is 12.7. The van der Waals surface area contributed by atoms with Crippen molar-refractivity contribution in [1.82, 2.24) is 10.2 Å². The van der Waals surface area contributed by atoms with E-state index >= 15 is 0 Å². The molecule has 1 amide bonds. The van der Waals surface area contributed by atoms with Crippen LogP contribution in [0.25, 0.3) is 0 Å². The minimum absolute atomic E-state index is 0. The number of benzene rings is 2. The Morgan fingerprint density at radius 2 is 1.19 bits per heavy atom. The number of carbonyl (C=O) groups excluding carboxylic acids is 2. The zero-order chi connectivity index (χ0) is 56.9. The number of aryl methyl sites for hydroxylation is 2. The van der Waals surface area contributed by atoms with Gasteiger partial charge in [0.25, 0.3) is 0 Å². The van der Waals surface area contributed by atoms with Crippen LogP contribution >= 0.6 is 0 Å². The van der Waals surface area contributed by atoms with Gasteiger partial charge >= 0.3 is 11.9 Å². The second-order valence-electron chi connectivity index (χ2n) is 18.5. The highest BCUT2D eigenvalue weighted by molar-refractivity contribution is 6.05. The predicted molar refractivity (Wildman–Crippen MR) is 314 cm³/mol. The van der Waals surface area contributed by atoms with E-state index in [1.165, 1.54) is 29.7 Å². The molecule has 12 heteroatoms. The summed E-state index contributed by atoms with van der Waals surface area (Å²) in [6.45, 7) is 34.7. The summed E-state index contributed by atoms with van der Waals surface area (Å²) in [6.07, 6.45) is 26.6. The van der Waals surface area contributed by atoms with E-state index in [-0.39, 0.29) is 55.3 Å². The molecular formula is C63H97BN2O9. The number of terminal acetylenes is 1. The minimum atomic E-state index is -1.07. The van der Waals surface area contributed by atoms with Crippen molar-refractivity contribution in [2.45, 2.75) is 179 Å². The van der Waals surface area contributed by atoms with E-state index in [4.69, 9.17) is 16.0 Å². The number of rotatable bonds is 23. The number of esters is 1. The van der Waals surface area contributed by atoms with Crippen LogP contribution < -0.4 is 14.8 Å². The summed E-state index contributed by atoms with van der Waals surface area (Å²) in [6, 6.07) is 7.68. The predicted octanol–water partition coefficient (Wildman–Crippen LogP) is 14.7. The molecule has 75 heavy (non-hydrogen) atoms. The molecule has 2 radical (unpaired) electrons. The number of aromatic hydroxyl groups is 2. The Labute approximate surface area is 457 Å². The SMILES string of the molecule is C.C#CC(=O)OCC.C=C(C)[C@@H]1CCC(C)=C[C@H]1c1c(O)cc(CCCCC)cc1O/C=C/C(=O)N(CC)CC.C=C(C)[C@@H]1CCC(C)=C[C@H]1c1c(O)cc(CCCCC)cc1O/C=C/C(=O)O.CCNCC.[2H]C[B]. The fourth-order valence-electron chi connectivity index (χ4n) is 8.85. The Bertz CT molecular complexity index is 2220. The molecule has 0 heterocycles. The molecule has 0 saturated carbocycles. The maximum Gasteiger partial charge on any atom is 0.384 e. The highest BCUT2D eigenvalue weighted by Gasteiger charge is 2.32. The van der Waals surface area contributed by atoms with Crippen LogP contribution in [0, 0.1) is 24.2 Å². The van der Waals surface area contributed by atoms with Crippen molar-refractivity contribution >= 4 is 25.7 Å². The normalized spacial score (nSPS) is 16.6. The summed E-state index contributed by atoms with van der Waals surface area (Å²) in [5.41, 5.74) is 8.34. The summed E-state index contributed by atoms with van der Waals surface area (Å²) in [5.74, 6) is 2.11. The van der Waals surface area contributed by atoms with Crippen molar-refractivity contribution in [2.24, 2.45) is 11.8 Å². The van der Waals surface area contributed by atoms with Crippen LogP contribution in [0.1, 0.15) is 183 Å². The summed E-state index contributed by atoms with van der Waals surface area (Å²) < 4.78 is 22.1. The van der Waals surface area contributed by atoms with Gasteiger partial charge in [-0.05, 0) is 160 Å². The van der Waals surface area contributed by atoms with Gasteiger partial charge < -0.3 is 39.7 Å². The molecule has 0 saturated heterocycles. The third kappa shape index (κ3) is 26.9. The summed E-state index contributed by atoms with van der Waals surface area (Å²) in [5, 5.41) is 34.0. The van der Waals surface area contributed by atoms with E-state index in [0.29, 0.717) is 36.8 Å². The van der Waals surface area contributed by atoms with Crippen LogP contribution in [0.5, 0.6) is 23.0 Å². The third-order valence-electron chi connectivity index (χ3n) is 12.7. The van der Waals surface area contributed by atoms with E-state index in [1.54, 1.807) is 17.7 Å². The Morgan fingerprint density at radius 1 is 0.773 bits per heavy atom. The lowest BCUT2D eigenvalue weighted by molar-refractivity contribution is -0.136. The summed E-state index contributed by atoms with van der Waals surface area (Å²) in [7, 11) is 4.51. The molecule has 2 aliphatic rings. The van der Waals surface area contributed by atoms with E-state index in [2.05, 4.69) is 98.1 Å². The number of aliphatic carboxylic acids is 1. The number of likely N-dealkylation sites (N-methyl/N-ethyl adjacent to an activating group) is 1. The number of phenols is 2. The van der Waals surface area contributed by atoms with Gasteiger partial charge in [0, 0.05) is 49.4 Å². The molecule has 2 aromatic rings. The molecule has 416 valence electrons. The van der Waals surface area contributed by atoms with Gasteiger partial charge in [-0.2, -0.15) is 0 Å². The first-order chi connectivity index (χ1) is 35.8. The fraction of sp³-hybridized carbons (Fsp3) is 0.540. The number of carboxylic acid groups (broad SMARTS) is 1. The zero-order valence-corrected chi connectivity index (χ0v) is 47.1. The van der Waals surface area contributed by atoms with E-state index in [1.807, 2.05) is 45.0 Å². The molecule has 0 aromatic heterocycles. The van der Waals surface area contributed by atoms with Crippen LogP contribution in [0.15, 0.2) is 96.5 Å². The number of ether oxygens (including phenoxy) is 3. The molecular weight excluding hydrogens is 940 g/mol. The van der Waals surface area contributed by atoms with Crippen LogP contribution in [-0.2, 0) is 32.0 Å². The maximum atomic E-state index is 12.4. The monoisotopic (exact) mass is 1040 g/mol. The first kappa shape index (κ1) is 69.1. The largest absolute Gasteiger partial charge is 0.507 e. The number of unbranched alkanes of at least 4 members (excludes halogenated alkanes) is 4. The topological polar surface area (TPSA) is 155 Å². The maximum absolute atomic E-state index is 12.4. The molecule has 2 aromatic carbocycles. The molecule has 0 fully saturated rings. The van der Waals surface area contributed by atoms with E-state index in [9.17, 15) is 24.6 Å². The number of nitrogens with one attached hydrogen (secondary N) is 1. The molecule has 0 bridgehead atoms. The number of carboxylic acids is 1. The molecule has 4 N–H and O–H groups in total. The van der Waals surface area contributed by atoms with Gasteiger partial charge in [-0.25, -0.2) is 9.59 Å². The van der Waals surface area contributed by atoms with Gasteiger partial charge in [-0.15, -0.1) is 6.42 Å². The van der Waals surface area contributed by atoms with Crippen molar-refractivity contribution in [1.29, 1.82) is 0 Å². The first-order valence-corrected chi connectivity index (χ1v) is 26.7. The Morgan fingerprint density at radius 3 is 1.49 bits per heavy atom. The molecule has 0 spiro atoms. The fourth-order valence-corrected chi connectivity index (χ4v) is 8.85. The van der Waals surface area contributed by atoms with Crippen LogP contribution in [-0.4, -0.2) is 78.7 Å². The zero-order valence-electron chi connectivity index (χ0n) is 48.1. The van der Waals surface area contributed by atoms with Gasteiger partial charge in [-0.3, -0.25) is 4.79 Å². The van der Waals surface area contributed by atoms with Crippen molar-refractivity contribution in [2.75, 3.05) is 32.8 Å². The molecule has 0 aliphatic heterocycles. The Balaban J connectivity index is 0. The number of phenolic OH excluding ortho intramolecular Hbond substituents is 2. The van der Waals surface area contributed by atoms with Crippen molar-refractivity contribution in [3.05, 3.63) is 119 Å². The highest BCUT2D eigenvalue weighted by atomic mass is 16.5. The van der Waals surface area contributed by atoms with Gasteiger partial charge in [0.2, 0.25) is 5.91 Å². The van der Waals surface area contributed by atoms with Gasteiger partial charge in [0.05, 0.1) is 33.1 Å². The molecule has 11 nitrogen and oxygen atoms in total. The van der Waals surface area contributed by atoms with E-state index < -0.39 is 11.9 Å². The average molecular weight is 1040 g/mol. The van der Waals surface area contributed by atoms with Gasteiger partial charge in [-0.1, -0.05) is 115 Å². The van der Waals surface area contributed by atoms with Gasteiger partial charge in [0.15, 0.2) is 0 Å². The van der Waals surface area contributed by atoms with Crippen LogP contribution in [0.2, 0.25) is 6.80 Å². The minimum Gasteiger partial charge on any atom is -0.507 e. The number of hydrogen-bond donors (Lipinski definition) is 4. The molecule has 2 aliphatic carbocycles. The van der Waals surface area contributed by atoms with Crippen molar-refractivity contribution < 1.29 is 45.3 Å². The molecule has 4 atom stereocenters. The van der Waals surface area contributed by atoms with E-state index in [0.717, 1.165) is 124 Å². The van der Waals surface area contributed by atoms with Crippen molar-refractivity contribution in [3.63, 3.8) is 0 Å². The Hall–Kier alpha value is -5.93. The quantitative estimate of drug-likeness (QED) is 0.0124. The summed E-state index contributed by atoms with van der Waals surface area (Å²) >= 11 is 0. The smallest absolute Gasteiger partial charge is 0.384 e. The standard InChI is InChI=1S/C28H41NO3.C24H32O4.C5H6O2.C4H11N.CH3B.CH4/c1-7-10-11-12-22-18-25(30)28(24-17-21(6)13-14-23(24)20(4)5)26(19-22)32-16-15-27(31)29(8-2)9-3;1-5-6-7-8-18-14-21(25)24(22(15-18)28-12-11-23(26)27)20-13-17(4)9-10-19(20)16(2)3;1-3-5(6)7-4-2;1-3-5-4-2;1-2;/h15-19,23-24,30H,4,7-14H2,1-3,5-6H3;11-15,19-20,25H,2,5-10H2,1,3-4H3,(H,26,27);1H,4H2,2H3;5H,3-4H2,1-2H3;1H3;1H4/b16-15+;12-11+;;;;/t23-,24+;19-,20+;;;;/m00..../s1/i;;;;1D;. The lowest BCUT2D eigenvalue weighted by Gasteiger charge is -2.32. The first-order valence-electron chi connectivity index (χ1n) is 27.4. The number of hydrogen-bond acceptors (Lipinski definition) is 9. The lowest BCUT2D eigenvalue weighted by Crippen LogP contribution is -2.28. The molecule has 0 unspecified atom stereocenters. The van der Waals surface area contributed by atoms with Crippen LogP contribution in [0.3, 0.4) is 0 Å². The van der Waals surface area contributed by atoms with Gasteiger partial charge in [0.1, 0.15) is 23.0 Å². The van der Waals surface area contributed by atoms with Crippen LogP contribution in [0.4, 0.5) is 0 Å². The number of nitrogens with zero attached hydrogens (tertiary/aromatic N) is 1. The average Bonchev–Trinajstić information content (AvgIpc) is 3.35.